The Morgan fingerprint density at radius 3 is 1.24 bits per heavy atom. The molecule has 0 aliphatic rings. The van der Waals surface area contributed by atoms with Gasteiger partial charge in [0.2, 0.25) is 0 Å². The predicted octanol–water partition coefficient (Wildman–Crippen LogP) is 5.66. The normalized spacial score (nSPS) is 10.1. The van der Waals surface area contributed by atoms with Crippen molar-refractivity contribution in [1.29, 1.82) is 0 Å². The molecule has 0 aliphatic carbocycles. The van der Waals surface area contributed by atoms with Crippen LogP contribution in [0.25, 0.3) is 0 Å². The monoisotopic (exact) mass is 266 g/mol. The van der Waals surface area contributed by atoms with Crippen molar-refractivity contribution in [2.45, 2.75) is 48.5 Å². The van der Waals surface area contributed by atoms with Crippen molar-refractivity contribution in [3.63, 3.8) is 0 Å². The van der Waals surface area contributed by atoms with Crippen LogP contribution in [0.2, 0.25) is 0 Å². The molecule has 0 bridgehead atoms. The smallest absolute Gasteiger partial charge is 0.00489 e. The molecule has 0 spiro atoms. The van der Waals surface area contributed by atoms with Gasteiger partial charge in [0.25, 0.3) is 0 Å². The minimum Gasteiger partial charge on any atom is -0.149 e. The van der Waals surface area contributed by atoms with Gasteiger partial charge in [0.1, 0.15) is 0 Å². The van der Waals surface area contributed by atoms with E-state index in [0.29, 0.717) is 0 Å². The van der Waals surface area contributed by atoms with Gasteiger partial charge in [-0.05, 0) is 76.1 Å². The summed E-state index contributed by atoms with van der Waals surface area (Å²) in [5, 5.41) is 2.20. The van der Waals surface area contributed by atoms with Crippen LogP contribution in [-0.2, 0) is 0 Å². The Morgan fingerprint density at radius 2 is 1.12 bits per heavy atom. The van der Waals surface area contributed by atoms with E-state index < -0.39 is 0 Å². The second-order valence-electron chi connectivity index (χ2n) is 4.56. The minimum absolute atomic E-state index is 1.42. The Bertz CT molecular complexity index is 459. The fraction of sp³-hybridized carbons (Fsp3) is 0.467. The van der Waals surface area contributed by atoms with Crippen LogP contribution < -0.4 is 0 Å². The van der Waals surface area contributed by atoms with Crippen molar-refractivity contribution in [3.8, 4) is 0 Å². The number of hydrogen-bond donors (Lipinski definition) is 0. The van der Waals surface area contributed by atoms with E-state index in [1.165, 1.54) is 36.9 Å². The largest absolute Gasteiger partial charge is 0.149 e. The first-order valence-corrected chi connectivity index (χ1v) is 7.58. The SMILES string of the molecule is Cc1csc(C)c1C.Cc1sc(C)c(C)c1C. The standard InChI is InChI=1S/C8H12S.C7H10S/c1-5-6(2)8(4)9-7(5)3;1-5-4-8-7(3)6(5)2/h1-4H3;4H,1-3H3. The molecule has 0 saturated carbocycles. The Morgan fingerprint density at radius 1 is 0.647 bits per heavy atom. The summed E-state index contributed by atoms with van der Waals surface area (Å²) >= 11 is 3.73. The summed E-state index contributed by atoms with van der Waals surface area (Å²) in [6.45, 7) is 15.2. The van der Waals surface area contributed by atoms with Crippen LogP contribution in [0.3, 0.4) is 0 Å². The van der Waals surface area contributed by atoms with E-state index in [2.05, 4.69) is 53.8 Å². The maximum atomic E-state index is 2.20. The molecule has 2 rings (SSSR count). The van der Waals surface area contributed by atoms with Crippen molar-refractivity contribution in [1.82, 2.24) is 0 Å². The zero-order valence-corrected chi connectivity index (χ0v) is 13.5. The molecule has 0 radical (unpaired) electrons. The van der Waals surface area contributed by atoms with Crippen LogP contribution in [0.15, 0.2) is 5.38 Å². The molecule has 0 aromatic carbocycles. The van der Waals surface area contributed by atoms with E-state index in [-0.39, 0.29) is 0 Å². The summed E-state index contributed by atoms with van der Waals surface area (Å²) in [4.78, 5) is 4.37. The van der Waals surface area contributed by atoms with Gasteiger partial charge in [0.05, 0.1) is 0 Å². The molecule has 0 fully saturated rings. The summed E-state index contributed by atoms with van der Waals surface area (Å²) in [5.74, 6) is 0. The van der Waals surface area contributed by atoms with E-state index >= 15 is 0 Å². The van der Waals surface area contributed by atoms with Crippen molar-refractivity contribution in [2.75, 3.05) is 0 Å². The molecule has 2 heteroatoms. The van der Waals surface area contributed by atoms with Gasteiger partial charge in [0, 0.05) is 14.6 Å². The Labute approximate surface area is 113 Å². The third-order valence-corrected chi connectivity index (χ3v) is 5.81. The molecular formula is C15H22S2. The lowest BCUT2D eigenvalue weighted by Gasteiger charge is -1.88. The van der Waals surface area contributed by atoms with E-state index in [1.54, 1.807) is 0 Å². The van der Waals surface area contributed by atoms with E-state index in [1.807, 2.05) is 22.7 Å². The van der Waals surface area contributed by atoms with Gasteiger partial charge in [-0.2, -0.15) is 0 Å². The first-order chi connectivity index (χ1) is 7.84. The molecule has 0 aliphatic heterocycles. The maximum absolute atomic E-state index is 2.20. The van der Waals surface area contributed by atoms with Crippen molar-refractivity contribution in [3.05, 3.63) is 42.3 Å². The van der Waals surface area contributed by atoms with E-state index in [9.17, 15) is 0 Å². The quantitative estimate of drug-likeness (QED) is 0.577. The molecule has 0 unspecified atom stereocenters. The summed E-state index contributed by atoms with van der Waals surface area (Å²) in [6, 6.07) is 0. The summed E-state index contributed by atoms with van der Waals surface area (Å²) in [7, 11) is 0. The number of thiophene rings is 2. The first kappa shape index (κ1) is 14.5. The second kappa shape index (κ2) is 5.83. The van der Waals surface area contributed by atoms with E-state index in [0.717, 1.165) is 0 Å². The lowest BCUT2D eigenvalue weighted by molar-refractivity contribution is 1.32. The Kier molecular flexibility index (Phi) is 4.96. The highest BCUT2D eigenvalue weighted by Gasteiger charge is 2.02. The molecule has 2 heterocycles. The Hall–Kier alpha value is -0.600. The molecule has 0 N–H and O–H groups in total. The van der Waals surface area contributed by atoms with Crippen LogP contribution in [0.4, 0.5) is 0 Å². The topological polar surface area (TPSA) is 0 Å². The molecule has 94 valence electrons. The van der Waals surface area contributed by atoms with Gasteiger partial charge in [-0.1, -0.05) is 0 Å². The number of aryl methyl sites for hydroxylation is 4. The lowest BCUT2D eigenvalue weighted by atomic mass is 10.2. The van der Waals surface area contributed by atoms with Crippen molar-refractivity contribution in [2.24, 2.45) is 0 Å². The van der Waals surface area contributed by atoms with Crippen LogP contribution in [0.1, 0.15) is 36.9 Å². The molecule has 0 saturated heterocycles. The van der Waals surface area contributed by atoms with Gasteiger partial charge in [-0.3, -0.25) is 0 Å². The van der Waals surface area contributed by atoms with Crippen LogP contribution in [0, 0.1) is 48.5 Å². The first-order valence-electron chi connectivity index (χ1n) is 5.89. The third-order valence-electron chi connectivity index (χ3n) is 3.46. The molecule has 0 atom stereocenters. The lowest BCUT2D eigenvalue weighted by Crippen LogP contribution is -1.73. The zero-order valence-electron chi connectivity index (χ0n) is 11.9. The van der Waals surface area contributed by atoms with E-state index in [4.69, 9.17) is 0 Å². The number of rotatable bonds is 0. The van der Waals surface area contributed by atoms with Crippen molar-refractivity contribution < 1.29 is 0 Å². The highest BCUT2D eigenvalue weighted by Crippen LogP contribution is 2.24. The van der Waals surface area contributed by atoms with Crippen molar-refractivity contribution >= 4 is 22.7 Å². The van der Waals surface area contributed by atoms with Gasteiger partial charge in [-0.15, -0.1) is 22.7 Å². The number of hydrogen-bond acceptors (Lipinski definition) is 2. The van der Waals surface area contributed by atoms with Crippen LogP contribution >= 0.6 is 22.7 Å². The average molecular weight is 266 g/mol. The summed E-state index contributed by atoms with van der Waals surface area (Å²) < 4.78 is 0. The fourth-order valence-corrected chi connectivity index (χ4v) is 3.48. The average Bonchev–Trinajstić information content (AvgIpc) is 2.69. The minimum atomic E-state index is 1.42. The summed E-state index contributed by atoms with van der Waals surface area (Å²) in [5.41, 5.74) is 5.82. The Balaban J connectivity index is 0.000000171. The third kappa shape index (κ3) is 3.43. The molecule has 0 amide bonds. The summed E-state index contributed by atoms with van der Waals surface area (Å²) in [6.07, 6.45) is 0. The van der Waals surface area contributed by atoms with Crippen LogP contribution in [-0.4, -0.2) is 0 Å². The molecular weight excluding hydrogens is 244 g/mol. The second-order valence-corrected chi connectivity index (χ2v) is 7.08. The highest BCUT2D eigenvalue weighted by molar-refractivity contribution is 7.12. The molecule has 2 aromatic rings. The molecule has 17 heavy (non-hydrogen) atoms. The maximum Gasteiger partial charge on any atom is 0.00489 e. The highest BCUT2D eigenvalue weighted by atomic mass is 32.1. The van der Waals surface area contributed by atoms with Gasteiger partial charge in [0.15, 0.2) is 0 Å². The molecule has 0 nitrogen and oxygen atoms in total. The van der Waals surface area contributed by atoms with Gasteiger partial charge in [-0.25, -0.2) is 0 Å². The van der Waals surface area contributed by atoms with Crippen LogP contribution in [0.5, 0.6) is 0 Å². The predicted molar refractivity (Wildman–Crippen MR) is 81.8 cm³/mol. The zero-order chi connectivity index (χ0) is 13.2. The fourth-order valence-electron chi connectivity index (χ4n) is 1.54. The van der Waals surface area contributed by atoms with Gasteiger partial charge >= 0.3 is 0 Å². The van der Waals surface area contributed by atoms with Gasteiger partial charge < -0.3 is 0 Å². The molecule has 2 aromatic heterocycles.